The Balaban J connectivity index is 1.50. The summed E-state index contributed by atoms with van der Waals surface area (Å²) >= 11 is 0. The van der Waals surface area contributed by atoms with Gasteiger partial charge in [-0.2, -0.15) is 4.39 Å². The van der Waals surface area contributed by atoms with E-state index in [4.69, 9.17) is 9.47 Å². The highest BCUT2D eigenvalue weighted by atomic mass is 19.2. The lowest BCUT2D eigenvalue weighted by Crippen LogP contribution is -2.10. The fourth-order valence-corrected chi connectivity index (χ4v) is 3.71. The van der Waals surface area contributed by atoms with Crippen LogP contribution in [0.15, 0.2) is 84.9 Å². The molecule has 0 amide bonds. The van der Waals surface area contributed by atoms with Gasteiger partial charge in [-0.05, 0) is 72.5 Å². The monoisotopic (exact) mass is 488 g/mol. The second kappa shape index (κ2) is 11.0. The van der Waals surface area contributed by atoms with Crippen molar-refractivity contribution in [3.63, 3.8) is 0 Å². The molecule has 0 aliphatic carbocycles. The molecule has 0 N–H and O–H groups in total. The standard InChI is InChI=1S/C30H23F3O3/c1-3-5-19-6-8-21(9-7-19)24-15-17-27(29(33)28(24)32)36-30(34)22-12-10-20(11-13-22)23-14-16-26(35-4-2)25(31)18-23/h3,5-18H,4H2,1-2H3/b5-3+. The molecule has 4 aromatic rings. The van der Waals surface area contributed by atoms with Gasteiger partial charge in [0.1, 0.15) is 0 Å². The lowest BCUT2D eigenvalue weighted by molar-refractivity contribution is 0.0727. The van der Waals surface area contributed by atoms with E-state index in [0.717, 1.165) is 5.56 Å². The minimum absolute atomic E-state index is 0.0614. The van der Waals surface area contributed by atoms with E-state index in [2.05, 4.69) is 0 Å². The van der Waals surface area contributed by atoms with Crippen LogP contribution in [0.5, 0.6) is 11.5 Å². The molecular weight excluding hydrogens is 465 g/mol. The lowest BCUT2D eigenvalue weighted by atomic mass is 10.0. The summed E-state index contributed by atoms with van der Waals surface area (Å²) in [6.07, 6.45) is 3.78. The van der Waals surface area contributed by atoms with Crippen LogP contribution in [-0.4, -0.2) is 12.6 Å². The van der Waals surface area contributed by atoms with Gasteiger partial charge in [-0.25, -0.2) is 13.6 Å². The Hall–Kier alpha value is -4.32. The number of carbonyl (C=O) groups excluding carboxylic acids is 1. The number of benzene rings is 4. The first kappa shape index (κ1) is 24.8. The van der Waals surface area contributed by atoms with E-state index < -0.39 is 29.2 Å². The van der Waals surface area contributed by atoms with Gasteiger partial charge in [-0.3, -0.25) is 0 Å². The molecule has 0 saturated heterocycles. The first-order valence-electron chi connectivity index (χ1n) is 11.4. The first-order valence-corrected chi connectivity index (χ1v) is 11.4. The maximum absolute atomic E-state index is 14.8. The number of hydrogen-bond acceptors (Lipinski definition) is 3. The Morgan fingerprint density at radius 1 is 0.778 bits per heavy atom. The minimum atomic E-state index is -1.25. The van der Waals surface area contributed by atoms with Crippen molar-refractivity contribution in [2.45, 2.75) is 13.8 Å². The first-order chi connectivity index (χ1) is 17.4. The molecule has 36 heavy (non-hydrogen) atoms. The van der Waals surface area contributed by atoms with Crippen LogP contribution in [0.25, 0.3) is 28.3 Å². The van der Waals surface area contributed by atoms with Gasteiger partial charge in [0.2, 0.25) is 5.82 Å². The molecule has 6 heteroatoms. The highest BCUT2D eigenvalue weighted by molar-refractivity contribution is 5.91. The van der Waals surface area contributed by atoms with Gasteiger partial charge < -0.3 is 9.47 Å². The molecule has 182 valence electrons. The van der Waals surface area contributed by atoms with E-state index in [-0.39, 0.29) is 16.9 Å². The van der Waals surface area contributed by atoms with Crippen molar-refractivity contribution in [1.29, 1.82) is 0 Å². The number of rotatable bonds is 7. The quantitative estimate of drug-likeness (QED) is 0.195. The van der Waals surface area contributed by atoms with Crippen LogP contribution in [0, 0.1) is 17.5 Å². The number of allylic oxidation sites excluding steroid dienone is 1. The molecular formula is C30H23F3O3. The summed E-state index contributed by atoms with van der Waals surface area (Å²) < 4.78 is 54.0. The second-order valence-electron chi connectivity index (χ2n) is 7.91. The van der Waals surface area contributed by atoms with Gasteiger partial charge in [0.15, 0.2) is 23.1 Å². The maximum atomic E-state index is 14.8. The van der Waals surface area contributed by atoms with Gasteiger partial charge in [-0.1, -0.05) is 54.6 Å². The van der Waals surface area contributed by atoms with E-state index in [9.17, 15) is 18.0 Å². The van der Waals surface area contributed by atoms with E-state index in [1.165, 1.54) is 36.4 Å². The molecule has 0 unspecified atom stereocenters. The minimum Gasteiger partial charge on any atom is -0.491 e. The zero-order valence-electron chi connectivity index (χ0n) is 19.7. The normalized spacial score (nSPS) is 11.0. The smallest absolute Gasteiger partial charge is 0.343 e. The lowest BCUT2D eigenvalue weighted by Gasteiger charge is -2.10. The fraction of sp³-hybridized carbons (Fsp3) is 0.100. The molecule has 0 aliphatic heterocycles. The summed E-state index contributed by atoms with van der Waals surface area (Å²) in [5.74, 6) is -4.04. The average Bonchev–Trinajstić information content (AvgIpc) is 2.89. The molecule has 3 nitrogen and oxygen atoms in total. The van der Waals surface area contributed by atoms with Crippen molar-refractivity contribution < 1.29 is 27.4 Å². The Bertz CT molecular complexity index is 1410. The molecule has 0 spiro atoms. The van der Waals surface area contributed by atoms with Gasteiger partial charge in [-0.15, -0.1) is 0 Å². The molecule has 0 aromatic heterocycles. The van der Waals surface area contributed by atoms with Crippen LogP contribution >= 0.6 is 0 Å². The molecule has 4 rings (SSSR count). The molecule has 0 bridgehead atoms. The van der Waals surface area contributed by atoms with Crippen LogP contribution in [0.1, 0.15) is 29.8 Å². The summed E-state index contributed by atoms with van der Waals surface area (Å²) in [6, 6.07) is 20.3. The van der Waals surface area contributed by atoms with Crippen LogP contribution in [0.3, 0.4) is 0 Å². The molecule has 0 saturated carbocycles. The zero-order chi connectivity index (χ0) is 25.7. The summed E-state index contributed by atoms with van der Waals surface area (Å²) in [5, 5.41) is 0. The molecule has 0 atom stereocenters. The zero-order valence-corrected chi connectivity index (χ0v) is 19.7. The Kier molecular flexibility index (Phi) is 7.54. The number of esters is 1. The topological polar surface area (TPSA) is 35.5 Å². The largest absolute Gasteiger partial charge is 0.491 e. The van der Waals surface area contributed by atoms with Crippen LogP contribution in [-0.2, 0) is 0 Å². The van der Waals surface area contributed by atoms with Gasteiger partial charge in [0.25, 0.3) is 0 Å². The predicted octanol–water partition coefficient (Wildman–Crippen LogP) is 8.09. The molecule has 0 heterocycles. The Morgan fingerprint density at radius 2 is 1.42 bits per heavy atom. The number of carbonyl (C=O) groups is 1. The van der Waals surface area contributed by atoms with Crippen molar-refractivity contribution in [1.82, 2.24) is 0 Å². The van der Waals surface area contributed by atoms with Crippen molar-refractivity contribution >= 4 is 12.0 Å². The fourth-order valence-electron chi connectivity index (χ4n) is 3.71. The molecule has 0 radical (unpaired) electrons. The Morgan fingerprint density at radius 3 is 2.06 bits per heavy atom. The van der Waals surface area contributed by atoms with Crippen LogP contribution < -0.4 is 9.47 Å². The van der Waals surface area contributed by atoms with Crippen LogP contribution in [0.4, 0.5) is 13.2 Å². The third-order valence-electron chi connectivity index (χ3n) is 5.52. The van der Waals surface area contributed by atoms with Crippen molar-refractivity contribution in [3.05, 3.63) is 114 Å². The SMILES string of the molecule is C/C=C/c1ccc(-c2ccc(OC(=O)c3ccc(-c4ccc(OCC)c(F)c4)cc3)c(F)c2F)cc1. The number of halogens is 3. The predicted molar refractivity (Wildman–Crippen MR) is 134 cm³/mol. The van der Waals surface area contributed by atoms with Gasteiger partial charge in [0.05, 0.1) is 12.2 Å². The summed E-state index contributed by atoms with van der Waals surface area (Å²) in [7, 11) is 0. The highest BCUT2D eigenvalue weighted by Gasteiger charge is 2.19. The highest BCUT2D eigenvalue weighted by Crippen LogP contribution is 2.31. The number of ether oxygens (including phenoxy) is 2. The summed E-state index contributed by atoms with van der Waals surface area (Å²) in [6.45, 7) is 4.01. The van der Waals surface area contributed by atoms with Gasteiger partial charge in [0, 0.05) is 5.56 Å². The van der Waals surface area contributed by atoms with Crippen molar-refractivity contribution in [3.8, 4) is 33.8 Å². The van der Waals surface area contributed by atoms with E-state index in [0.29, 0.717) is 23.3 Å². The average molecular weight is 489 g/mol. The Labute approximate surface area is 207 Å². The third-order valence-corrected chi connectivity index (χ3v) is 5.52. The van der Waals surface area contributed by atoms with E-state index in [1.807, 2.05) is 19.1 Å². The van der Waals surface area contributed by atoms with E-state index >= 15 is 0 Å². The summed E-state index contributed by atoms with van der Waals surface area (Å²) in [4.78, 5) is 12.6. The third kappa shape index (κ3) is 5.33. The van der Waals surface area contributed by atoms with Crippen LogP contribution in [0.2, 0.25) is 0 Å². The summed E-state index contributed by atoms with van der Waals surface area (Å²) in [5.41, 5.74) is 2.89. The second-order valence-corrected chi connectivity index (χ2v) is 7.91. The van der Waals surface area contributed by atoms with Crippen molar-refractivity contribution in [2.24, 2.45) is 0 Å². The molecule has 0 fully saturated rings. The molecule has 4 aromatic carbocycles. The van der Waals surface area contributed by atoms with E-state index in [1.54, 1.807) is 49.4 Å². The maximum Gasteiger partial charge on any atom is 0.343 e. The molecule has 0 aliphatic rings. The van der Waals surface area contributed by atoms with Crippen molar-refractivity contribution in [2.75, 3.05) is 6.61 Å². The van der Waals surface area contributed by atoms with Gasteiger partial charge >= 0.3 is 5.97 Å². The number of hydrogen-bond donors (Lipinski definition) is 0.